The first-order valence-electron chi connectivity index (χ1n) is 8.74. The van der Waals surface area contributed by atoms with Crippen molar-refractivity contribution in [2.45, 2.75) is 26.2 Å². The molecule has 132 valence electrons. The Labute approximate surface area is 151 Å². The van der Waals surface area contributed by atoms with Crippen LogP contribution >= 0.6 is 11.6 Å². The predicted molar refractivity (Wildman–Crippen MR) is 97.9 cm³/mol. The number of aromatic amines is 1. The lowest BCUT2D eigenvalue weighted by Gasteiger charge is -2.37. The van der Waals surface area contributed by atoms with Gasteiger partial charge in [0.1, 0.15) is 0 Å². The summed E-state index contributed by atoms with van der Waals surface area (Å²) in [6.07, 6.45) is 2.42. The number of hydrogen-bond donors (Lipinski definition) is 1. The first kappa shape index (κ1) is 16.5. The Morgan fingerprint density at radius 3 is 2.52 bits per heavy atom. The minimum Gasteiger partial charge on any atom is -0.358 e. The van der Waals surface area contributed by atoms with Crippen molar-refractivity contribution >= 4 is 34.3 Å². The molecule has 0 aliphatic carbocycles. The molecule has 2 fully saturated rings. The molecular weight excluding hydrogens is 338 g/mol. The van der Waals surface area contributed by atoms with Gasteiger partial charge in [0.2, 0.25) is 5.91 Å². The van der Waals surface area contributed by atoms with E-state index in [1.54, 1.807) is 0 Å². The Kier molecular flexibility index (Phi) is 3.80. The number of benzene rings is 1. The summed E-state index contributed by atoms with van der Waals surface area (Å²) in [5, 5.41) is 1.49. The van der Waals surface area contributed by atoms with Crippen LogP contribution in [0.4, 0.5) is 0 Å². The Bertz CT molecular complexity index is 865. The number of hydrogen-bond acceptors (Lipinski definition) is 2. The molecule has 2 amide bonds. The maximum atomic E-state index is 13.1. The summed E-state index contributed by atoms with van der Waals surface area (Å²) < 4.78 is 0. The molecule has 0 bridgehead atoms. The van der Waals surface area contributed by atoms with Crippen LogP contribution < -0.4 is 0 Å². The number of nitrogens with zero attached hydrogens (tertiary/aromatic N) is 2. The van der Waals surface area contributed by atoms with Crippen LogP contribution in [0.25, 0.3) is 10.9 Å². The molecule has 2 aliphatic heterocycles. The molecule has 1 aromatic heterocycles. The Balaban J connectivity index is 1.58. The highest BCUT2D eigenvalue weighted by molar-refractivity contribution is 6.31. The van der Waals surface area contributed by atoms with Crippen molar-refractivity contribution in [1.29, 1.82) is 0 Å². The van der Waals surface area contributed by atoms with E-state index >= 15 is 0 Å². The maximum Gasteiger partial charge on any atom is 0.256 e. The summed E-state index contributed by atoms with van der Waals surface area (Å²) in [7, 11) is 1.87. The van der Waals surface area contributed by atoms with Gasteiger partial charge in [-0.05, 0) is 44.4 Å². The summed E-state index contributed by atoms with van der Waals surface area (Å²) in [6, 6.07) is 5.56. The molecule has 1 aromatic carbocycles. The van der Waals surface area contributed by atoms with E-state index < -0.39 is 0 Å². The molecular formula is C19H22ClN3O2. The molecule has 0 saturated carbocycles. The maximum absolute atomic E-state index is 13.1. The van der Waals surface area contributed by atoms with Crippen LogP contribution in [0.15, 0.2) is 18.2 Å². The summed E-state index contributed by atoms with van der Waals surface area (Å²) in [5.41, 5.74) is 2.23. The van der Waals surface area contributed by atoms with Crippen LogP contribution in [0.5, 0.6) is 0 Å². The van der Waals surface area contributed by atoms with Gasteiger partial charge in [0.15, 0.2) is 0 Å². The zero-order valence-electron chi connectivity index (χ0n) is 14.6. The Hall–Kier alpha value is -2.01. The zero-order chi connectivity index (χ0) is 17.8. The van der Waals surface area contributed by atoms with Crippen molar-refractivity contribution in [2.75, 3.05) is 26.7 Å². The number of piperidine rings is 1. The topological polar surface area (TPSA) is 56.4 Å². The number of aryl methyl sites for hydroxylation is 1. The third-order valence-electron chi connectivity index (χ3n) is 5.90. The van der Waals surface area contributed by atoms with Crippen LogP contribution in [-0.4, -0.2) is 53.3 Å². The average molecular weight is 360 g/mol. The number of fused-ring (bicyclic) bond motifs is 1. The molecule has 2 saturated heterocycles. The monoisotopic (exact) mass is 359 g/mol. The molecule has 2 aliphatic rings. The molecule has 0 atom stereocenters. The smallest absolute Gasteiger partial charge is 0.256 e. The van der Waals surface area contributed by atoms with Gasteiger partial charge >= 0.3 is 0 Å². The number of aromatic nitrogens is 1. The van der Waals surface area contributed by atoms with Gasteiger partial charge in [-0.1, -0.05) is 11.6 Å². The molecule has 6 heteroatoms. The van der Waals surface area contributed by atoms with E-state index in [1.165, 1.54) is 0 Å². The van der Waals surface area contributed by atoms with Gasteiger partial charge in [-0.25, -0.2) is 0 Å². The molecule has 2 aromatic rings. The normalized spacial score (nSPS) is 20.0. The fraction of sp³-hybridized carbons (Fsp3) is 0.474. The molecule has 4 rings (SSSR count). The third kappa shape index (κ3) is 2.53. The van der Waals surface area contributed by atoms with E-state index in [0.29, 0.717) is 23.7 Å². The average Bonchev–Trinajstić information content (AvgIpc) is 3.06. The highest BCUT2D eigenvalue weighted by Gasteiger charge is 2.47. The molecule has 0 unspecified atom stereocenters. The first-order valence-corrected chi connectivity index (χ1v) is 9.12. The second-order valence-corrected chi connectivity index (χ2v) is 7.80. The van der Waals surface area contributed by atoms with Crippen molar-refractivity contribution in [3.8, 4) is 0 Å². The van der Waals surface area contributed by atoms with Gasteiger partial charge < -0.3 is 14.8 Å². The van der Waals surface area contributed by atoms with Crippen molar-refractivity contribution in [3.63, 3.8) is 0 Å². The lowest BCUT2D eigenvalue weighted by Crippen LogP contribution is -2.46. The molecule has 1 spiro atoms. The Morgan fingerprint density at radius 2 is 1.88 bits per heavy atom. The SMILES string of the molecule is Cc1[nH]c2ccc(Cl)cc2c1C(=O)N1CCC2(CCN(C)C2=O)CC1. The van der Waals surface area contributed by atoms with Crippen LogP contribution in [-0.2, 0) is 4.79 Å². The summed E-state index contributed by atoms with van der Waals surface area (Å²) in [4.78, 5) is 32.6. The molecule has 0 radical (unpaired) electrons. The van der Waals surface area contributed by atoms with Gasteiger partial charge in [0, 0.05) is 48.3 Å². The molecule has 1 N–H and O–H groups in total. The summed E-state index contributed by atoms with van der Waals surface area (Å²) in [5.74, 6) is 0.273. The number of halogens is 1. The number of rotatable bonds is 1. The van der Waals surface area contributed by atoms with Crippen LogP contribution in [0.1, 0.15) is 35.3 Å². The highest BCUT2D eigenvalue weighted by Crippen LogP contribution is 2.41. The first-order chi connectivity index (χ1) is 11.9. The summed E-state index contributed by atoms with van der Waals surface area (Å²) >= 11 is 6.12. The van der Waals surface area contributed by atoms with Crippen molar-refractivity contribution in [2.24, 2.45) is 5.41 Å². The second-order valence-electron chi connectivity index (χ2n) is 7.36. The number of amides is 2. The fourth-order valence-electron chi connectivity index (χ4n) is 4.33. The van der Waals surface area contributed by atoms with Crippen LogP contribution in [0.3, 0.4) is 0 Å². The standard InChI is InChI=1S/C19H22ClN3O2/c1-12-16(14-11-13(20)3-4-15(14)21-12)17(24)23-9-6-19(7-10-23)5-8-22(2)18(19)25/h3-4,11,21H,5-10H2,1-2H3. The minimum atomic E-state index is -0.246. The largest absolute Gasteiger partial charge is 0.358 e. The van der Waals surface area contributed by atoms with Crippen molar-refractivity contribution < 1.29 is 9.59 Å². The minimum absolute atomic E-state index is 0.0275. The Morgan fingerprint density at radius 1 is 1.20 bits per heavy atom. The van der Waals surface area contributed by atoms with Gasteiger partial charge in [-0.2, -0.15) is 0 Å². The van der Waals surface area contributed by atoms with E-state index in [2.05, 4.69) is 4.98 Å². The number of H-pyrrole nitrogens is 1. The van der Waals surface area contributed by atoms with E-state index in [0.717, 1.165) is 42.4 Å². The van der Waals surface area contributed by atoms with Gasteiger partial charge in [0.25, 0.3) is 5.91 Å². The predicted octanol–water partition coefficient (Wildman–Crippen LogP) is 3.21. The van der Waals surface area contributed by atoms with Gasteiger partial charge in [-0.3, -0.25) is 9.59 Å². The van der Waals surface area contributed by atoms with Crippen molar-refractivity contribution in [3.05, 3.63) is 34.5 Å². The van der Waals surface area contributed by atoms with Crippen LogP contribution in [0, 0.1) is 12.3 Å². The lowest BCUT2D eigenvalue weighted by atomic mass is 9.77. The van der Waals surface area contributed by atoms with Crippen LogP contribution in [0.2, 0.25) is 5.02 Å². The van der Waals surface area contributed by atoms with Gasteiger partial charge in [0.05, 0.1) is 11.0 Å². The van der Waals surface area contributed by atoms with E-state index in [4.69, 9.17) is 11.6 Å². The van der Waals surface area contributed by atoms with E-state index in [9.17, 15) is 9.59 Å². The lowest BCUT2D eigenvalue weighted by molar-refractivity contribution is -0.137. The van der Waals surface area contributed by atoms with E-state index in [-0.39, 0.29) is 17.2 Å². The number of carbonyl (C=O) groups is 2. The number of likely N-dealkylation sites (tertiary alicyclic amines) is 2. The quantitative estimate of drug-likeness (QED) is 0.850. The second kappa shape index (κ2) is 5.77. The van der Waals surface area contributed by atoms with Crippen molar-refractivity contribution in [1.82, 2.24) is 14.8 Å². The third-order valence-corrected chi connectivity index (χ3v) is 6.13. The van der Waals surface area contributed by atoms with Gasteiger partial charge in [-0.15, -0.1) is 0 Å². The molecule has 25 heavy (non-hydrogen) atoms. The molecule has 3 heterocycles. The number of carbonyl (C=O) groups excluding carboxylic acids is 2. The van der Waals surface area contributed by atoms with E-state index in [1.807, 2.05) is 42.0 Å². The molecule has 5 nitrogen and oxygen atoms in total. The number of nitrogens with one attached hydrogen (secondary N) is 1. The zero-order valence-corrected chi connectivity index (χ0v) is 15.3. The summed E-state index contributed by atoms with van der Waals surface area (Å²) in [6.45, 7) is 4.01. The fourth-order valence-corrected chi connectivity index (χ4v) is 4.50. The highest BCUT2D eigenvalue weighted by atomic mass is 35.5.